The summed E-state index contributed by atoms with van der Waals surface area (Å²) in [6, 6.07) is 12.9. The first-order valence-electron chi connectivity index (χ1n) is 9.96. The number of thioether (sulfide) groups is 1. The Balaban J connectivity index is 2.11. The van der Waals surface area contributed by atoms with Crippen molar-refractivity contribution in [2.24, 2.45) is 0 Å². The fourth-order valence-electron chi connectivity index (χ4n) is 3.01. The number of carbonyl (C=O) groups excluding carboxylic acids is 2. The van der Waals surface area contributed by atoms with Crippen molar-refractivity contribution in [2.45, 2.75) is 51.6 Å². The Morgan fingerprint density at radius 1 is 1.07 bits per heavy atom. The number of rotatable bonds is 10. The average Bonchev–Trinajstić information content (AvgIpc) is 2.70. The summed E-state index contributed by atoms with van der Waals surface area (Å²) in [5.41, 5.74) is 1.86. The maximum Gasteiger partial charge on any atom is 0.243 e. The van der Waals surface area contributed by atoms with E-state index in [1.165, 1.54) is 23.9 Å². The minimum absolute atomic E-state index is 0.0198. The fourth-order valence-corrected chi connectivity index (χ4v) is 4.00. The lowest BCUT2D eigenvalue weighted by Gasteiger charge is -2.31. The zero-order valence-corrected chi connectivity index (χ0v) is 19.1. The molecule has 0 heterocycles. The molecule has 2 amide bonds. The molecule has 30 heavy (non-hydrogen) atoms. The van der Waals surface area contributed by atoms with E-state index in [1.54, 1.807) is 17.0 Å². The van der Waals surface area contributed by atoms with Crippen molar-refractivity contribution in [3.63, 3.8) is 0 Å². The smallest absolute Gasteiger partial charge is 0.243 e. The van der Waals surface area contributed by atoms with Gasteiger partial charge in [0.25, 0.3) is 0 Å². The number of hydrogen-bond donors (Lipinski definition) is 1. The molecule has 7 heteroatoms. The van der Waals surface area contributed by atoms with Gasteiger partial charge in [-0.2, -0.15) is 0 Å². The Kier molecular flexibility index (Phi) is 9.66. The standard InChI is InChI=1S/C23H28ClFN2O2S/c1-4-21(23(29)26-16(2)3)27(13-17-7-11-20(25)12-8-17)22(28)15-30-14-18-5-9-19(24)10-6-18/h5-12,16,21H,4,13-15H2,1-3H3,(H,26,29)/t21-/m1/s1. The molecule has 0 aromatic heterocycles. The maximum absolute atomic E-state index is 13.3. The van der Waals surface area contributed by atoms with Crippen LogP contribution in [0.2, 0.25) is 5.02 Å². The second-order valence-corrected chi connectivity index (χ2v) is 8.78. The summed E-state index contributed by atoms with van der Waals surface area (Å²) >= 11 is 7.40. The summed E-state index contributed by atoms with van der Waals surface area (Å²) in [6.07, 6.45) is 0.493. The molecule has 0 aliphatic heterocycles. The van der Waals surface area contributed by atoms with Gasteiger partial charge in [0, 0.05) is 23.4 Å². The number of carbonyl (C=O) groups is 2. The Morgan fingerprint density at radius 2 is 1.67 bits per heavy atom. The number of amides is 2. The zero-order valence-electron chi connectivity index (χ0n) is 17.5. The van der Waals surface area contributed by atoms with Crippen molar-refractivity contribution in [1.29, 1.82) is 0 Å². The Labute approximate surface area is 187 Å². The first kappa shape index (κ1) is 24.2. The molecular weight excluding hydrogens is 423 g/mol. The quantitative estimate of drug-likeness (QED) is 0.551. The summed E-state index contributed by atoms with van der Waals surface area (Å²) in [7, 11) is 0. The molecule has 0 aliphatic rings. The van der Waals surface area contributed by atoms with Crippen LogP contribution in [0.1, 0.15) is 38.3 Å². The van der Waals surface area contributed by atoms with E-state index in [9.17, 15) is 14.0 Å². The van der Waals surface area contributed by atoms with Gasteiger partial charge in [-0.05, 0) is 55.7 Å². The molecule has 0 bridgehead atoms. The molecular formula is C23H28ClFN2O2S. The molecule has 0 saturated carbocycles. The number of nitrogens with zero attached hydrogens (tertiary/aromatic N) is 1. The fraction of sp³-hybridized carbons (Fsp3) is 0.391. The van der Waals surface area contributed by atoms with E-state index >= 15 is 0 Å². The van der Waals surface area contributed by atoms with Gasteiger partial charge in [-0.15, -0.1) is 11.8 Å². The highest BCUT2D eigenvalue weighted by Gasteiger charge is 2.28. The molecule has 1 atom stereocenters. The maximum atomic E-state index is 13.3. The highest BCUT2D eigenvalue weighted by molar-refractivity contribution is 7.99. The summed E-state index contributed by atoms with van der Waals surface area (Å²) in [4.78, 5) is 27.4. The van der Waals surface area contributed by atoms with Crippen LogP contribution in [0, 0.1) is 5.82 Å². The molecule has 2 aromatic carbocycles. The molecule has 0 aliphatic carbocycles. The van der Waals surface area contributed by atoms with Crippen LogP contribution in [0.15, 0.2) is 48.5 Å². The van der Waals surface area contributed by atoms with Crippen LogP contribution in [0.25, 0.3) is 0 Å². The number of benzene rings is 2. The topological polar surface area (TPSA) is 49.4 Å². The average molecular weight is 451 g/mol. The van der Waals surface area contributed by atoms with Crippen LogP contribution in [0.5, 0.6) is 0 Å². The van der Waals surface area contributed by atoms with Gasteiger partial charge in [-0.3, -0.25) is 9.59 Å². The molecule has 4 nitrogen and oxygen atoms in total. The molecule has 2 rings (SSSR count). The van der Waals surface area contributed by atoms with Gasteiger partial charge in [0.05, 0.1) is 5.75 Å². The van der Waals surface area contributed by atoms with Crippen molar-refractivity contribution in [3.05, 3.63) is 70.5 Å². The highest BCUT2D eigenvalue weighted by Crippen LogP contribution is 2.19. The van der Waals surface area contributed by atoms with Gasteiger partial charge in [-0.1, -0.05) is 42.8 Å². The molecule has 0 fully saturated rings. The van der Waals surface area contributed by atoms with Crippen LogP contribution in [-0.4, -0.2) is 34.6 Å². The third-order valence-electron chi connectivity index (χ3n) is 4.49. The van der Waals surface area contributed by atoms with Crippen LogP contribution in [0.4, 0.5) is 4.39 Å². The van der Waals surface area contributed by atoms with E-state index in [-0.39, 0.29) is 36.0 Å². The molecule has 0 spiro atoms. The molecule has 0 radical (unpaired) electrons. The van der Waals surface area contributed by atoms with Gasteiger partial charge in [0.15, 0.2) is 0 Å². The monoisotopic (exact) mass is 450 g/mol. The highest BCUT2D eigenvalue weighted by atomic mass is 35.5. The third kappa shape index (κ3) is 7.65. The van der Waals surface area contributed by atoms with Crippen molar-refractivity contribution < 1.29 is 14.0 Å². The summed E-state index contributed by atoms with van der Waals surface area (Å²) in [6.45, 7) is 5.92. The van der Waals surface area contributed by atoms with Gasteiger partial charge in [0.1, 0.15) is 11.9 Å². The molecule has 162 valence electrons. The van der Waals surface area contributed by atoms with Crippen LogP contribution in [0.3, 0.4) is 0 Å². The van der Waals surface area contributed by atoms with E-state index in [2.05, 4.69) is 5.32 Å². The SMILES string of the molecule is CC[C@H](C(=O)NC(C)C)N(Cc1ccc(F)cc1)C(=O)CSCc1ccc(Cl)cc1. The first-order valence-corrected chi connectivity index (χ1v) is 11.5. The van der Waals surface area contributed by atoms with E-state index in [1.807, 2.05) is 45.0 Å². The Hall–Kier alpha value is -2.05. The van der Waals surface area contributed by atoms with E-state index in [0.717, 1.165) is 11.1 Å². The minimum Gasteiger partial charge on any atom is -0.352 e. The summed E-state index contributed by atoms with van der Waals surface area (Å²) in [5, 5.41) is 3.57. The normalized spacial score (nSPS) is 11.9. The lowest BCUT2D eigenvalue weighted by atomic mass is 10.1. The molecule has 2 aromatic rings. The van der Waals surface area contributed by atoms with Crippen molar-refractivity contribution in [2.75, 3.05) is 5.75 Å². The van der Waals surface area contributed by atoms with Crippen LogP contribution in [-0.2, 0) is 21.9 Å². The predicted molar refractivity (Wildman–Crippen MR) is 122 cm³/mol. The number of hydrogen-bond acceptors (Lipinski definition) is 3. The summed E-state index contributed by atoms with van der Waals surface area (Å²) < 4.78 is 13.3. The number of halogens is 2. The van der Waals surface area contributed by atoms with E-state index in [0.29, 0.717) is 17.2 Å². The van der Waals surface area contributed by atoms with Crippen molar-refractivity contribution in [1.82, 2.24) is 10.2 Å². The lowest BCUT2D eigenvalue weighted by Crippen LogP contribution is -2.50. The zero-order chi connectivity index (χ0) is 22.1. The van der Waals surface area contributed by atoms with Crippen LogP contribution >= 0.6 is 23.4 Å². The molecule has 1 N–H and O–H groups in total. The first-order chi connectivity index (χ1) is 14.3. The lowest BCUT2D eigenvalue weighted by molar-refractivity contribution is -0.139. The van der Waals surface area contributed by atoms with Crippen LogP contribution < -0.4 is 5.32 Å². The van der Waals surface area contributed by atoms with Crippen molar-refractivity contribution in [3.8, 4) is 0 Å². The van der Waals surface area contributed by atoms with E-state index < -0.39 is 6.04 Å². The predicted octanol–water partition coefficient (Wildman–Crippen LogP) is 5.04. The Morgan fingerprint density at radius 3 is 2.23 bits per heavy atom. The molecule has 0 unspecified atom stereocenters. The van der Waals surface area contributed by atoms with Crippen molar-refractivity contribution >= 4 is 35.2 Å². The largest absolute Gasteiger partial charge is 0.352 e. The van der Waals surface area contributed by atoms with Gasteiger partial charge >= 0.3 is 0 Å². The number of nitrogens with one attached hydrogen (secondary N) is 1. The van der Waals surface area contributed by atoms with E-state index in [4.69, 9.17) is 11.6 Å². The third-order valence-corrected chi connectivity index (χ3v) is 5.73. The Bertz CT molecular complexity index is 828. The minimum atomic E-state index is -0.582. The summed E-state index contributed by atoms with van der Waals surface area (Å²) in [5.74, 6) is 0.284. The second-order valence-electron chi connectivity index (χ2n) is 7.35. The van der Waals surface area contributed by atoms with Gasteiger partial charge < -0.3 is 10.2 Å². The molecule has 0 saturated heterocycles. The van der Waals surface area contributed by atoms with Gasteiger partial charge in [0.2, 0.25) is 11.8 Å². The second kappa shape index (κ2) is 12.0. The van der Waals surface area contributed by atoms with Gasteiger partial charge in [-0.25, -0.2) is 4.39 Å².